The minimum absolute atomic E-state index is 0.0651. The van der Waals surface area contributed by atoms with Crippen molar-refractivity contribution in [2.45, 2.75) is 45.7 Å². The number of nitrogens with zero attached hydrogens (tertiary/aromatic N) is 1. The summed E-state index contributed by atoms with van der Waals surface area (Å²) in [5.74, 6) is 0.0651. The molecule has 0 fully saturated rings. The smallest absolute Gasteiger partial charge is 0.236 e. The van der Waals surface area contributed by atoms with Crippen LogP contribution in [0.15, 0.2) is 0 Å². The topological polar surface area (TPSA) is 58.4 Å². The normalized spacial score (nSPS) is 13.3. The van der Waals surface area contributed by atoms with Crippen LogP contribution in [-0.2, 0) is 4.79 Å². The van der Waals surface area contributed by atoms with E-state index in [-0.39, 0.29) is 11.9 Å². The van der Waals surface area contributed by atoms with Crippen molar-refractivity contribution in [1.82, 2.24) is 10.2 Å². The molecular weight excluding hydrogens is 190 g/mol. The first-order valence-electron chi connectivity index (χ1n) is 5.79. The van der Waals surface area contributed by atoms with E-state index >= 15 is 0 Å². The summed E-state index contributed by atoms with van der Waals surface area (Å²) in [7, 11) is 1.67. The quantitative estimate of drug-likeness (QED) is 0.653. The molecule has 0 aromatic carbocycles. The van der Waals surface area contributed by atoms with Crippen molar-refractivity contribution >= 4 is 5.91 Å². The molecule has 3 N–H and O–H groups in total. The van der Waals surface area contributed by atoms with Crippen LogP contribution in [-0.4, -0.2) is 43.0 Å². The maximum Gasteiger partial charge on any atom is 0.236 e. The van der Waals surface area contributed by atoms with Crippen molar-refractivity contribution in [3.63, 3.8) is 0 Å². The number of hydrogen-bond acceptors (Lipinski definition) is 3. The number of likely N-dealkylation sites (N-methyl/N-ethyl adjacent to an activating group) is 1. The Labute approximate surface area is 93.2 Å². The van der Waals surface area contributed by atoms with Crippen molar-refractivity contribution in [3.8, 4) is 0 Å². The van der Waals surface area contributed by atoms with Crippen molar-refractivity contribution in [2.24, 2.45) is 5.73 Å². The molecule has 0 bridgehead atoms. The molecule has 90 valence electrons. The van der Waals surface area contributed by atoms with Gasteiger partial charge in [0.15, 0.2) is 0 Å². The van der Waals surface area contributed by atoms with E-state index in [4.69, 9.17) is 5.73 Å². The zero-order valence-electron chi connectivity index (χ0n) is 10.4. The monoisotopic (exact) mass is 215 g/mol. The summed E-state index contributed by atoms with van der Waals surface area (Å²) in [6, 6.07) is 0.351. The number of carbonyl (C=O) groups is 1. The standard InChI is InChI=1S/C11H25N3O/c1-5-10(6-2)14(8-7-12)9(3)11(15)13-4/h9-10H,5-8,12H2,1-4H3,(H,13,15). The molecule has 0 spiro atoms. The minimum atomic E-state index is -0.0940. The van der Waals surface area contributed by atoms with Crippen LogP contribution < -0.4 is 11.1 Å². The van der Waals surface area contributed by atoms with Gasteiger partial charge < -0.3 is 11.1 Å². The zero-order valence-corrected chi connectivity index (χ0v) is 10.4. The first kappa shape index (κ1) is 14.4. The summed E-state index contributed by atoms with van der Waals surface area (Å²) < 4.78 is 0. The molecule has 0 aliphatic heterocycles. The summed E-state index contributed by atoms with van der Waals surface area (Å²) in [6.07, 6.45) is 2.11. The van der Waals surface area contributed by atoms with E-state index in [1.165, 1.54) is 0 Å². The van der Waals surface area contributed by atoms with E-state index in [0.717, 1.165) is 19.4 Å². The van der Waals surface area contributed by atoms with E-state index in [9.17, 15) is 4.79 Å². The molecule has 0 aliphatic rings. The summed E-state index contributed by atoms with van der Waals surface area (Å²) in [4.78, 5) is 13.8. The Kier molecular flexibility index (Phi) is 7.34. The second-order valence-electron chi connectivity index (χ2n) is 3.79. The number of nitrogens with one attached hydrogen (secondary N) is 1. The van der Waals surface area contributed by atoms with Crippen LogP contribution in [0.4, 0.5) is 0 Å². The summed E-state index contributed by atoms with van der Waals surface area (Å²) in [6.45, 7) is 7.61. The maximum absolute atomic E-state index is 11.6. The number of carbonyl (C=O) groups excluding carboxylic acids is 1. The molecule has 1 amide bonds. The Morgan fingerprint density at radius 2 is 1.93 bits per heavy atom. The second kappa shape index (κ2) is 7.65. The maximum atomic E-state index is 11.6. The fraction of sp³-hybridized carbons (Fsp3) is 0.909. The van der Waals surface area contributed by atoms with Crippen LogP contribution in [0.25, 0.3) is 0 Å². The molecule has 0 aromatic rings. The predicted octanol–water partition coefficient (Wildman–Crippen LogP) is 0.570. The number of rotatable bonds is 7. The highest BCUT2D eigenvalue weighted by Crippen LogP contribution is 2.12. The average molecular weight is 215 g/mol. The Bertz CT molecular complexity index is 181. The van der Waals surface area contributed by atoms with Gasteiger partial charge in [-0.2, -0.15) is 0 Å². The van der Waals surface area contributed by atoms with Crippen LogP contribution in [0, 0.1) is 0 Å². The molecule has 1 unspecified atom stereocenters. The van der Waals surface area contributed by atoms with Crippen molar-refractivity contribution in [2.75, 3.05) is 20.1 Å². The van der Waals surface area contributed by atoms with Crippen LogP contribution >= 0.6 is 0 Å². The molecule has 0 heterocycles. The summed E-state index contributed by atoms with van der Waals surface area (Å²) in [5.41, 5.74) is 5.58. The third-order valence-electron chi connectivity index (χ3n) is 2.92. The molecule has 0 aromatic heterocycles. The SMILES string of the molecule is CCC(CC)N(CCN)C(C)C(=O)NC. The molecule has 0 saturated carbocycles. The highest BCUT2D eigenvalue weighted by Gasteiger charge is 2.24. The Morgan fingerprint density at radius 1 is 1.40 bits per heavy atom. The number of hydrogen-bond donors (Lipinski definition) is 2. The third-order valence-corrected chi connectivity index (χ3v) is 2.92. The predicted molar refractivity (Wildman–Crippen MR) is 63.7 cm³/mol. The van der Waals surface area contributed by atoms with Gasteiger partial charge in [-0.05, 0) is 19.8 Å². The highest BCUT2D eigenvalue weighted by molar-refractivity contribution is 5.81. The van der Waals surface area contributed by atoms with E-state index < -0.39 is 0 Å². The lowest BCUT2D eigenvalue weighted by molar-refractivity contribution is -0.126. The Morgan fingerprint density at radius 3 is 2.27 bits per heavy atom. The number of amides is 1. The van der Waals surface area contributed by atoms with Crippen LogP contribution in [0.3, 0.4) is 0 Å². The highest BCUT2D eigenvalue weighted by atomic mass is 16.2. The van der Waals surface area contributed by atoms with E-state index in [2.05, 4.69) is 24.1 Å². The van der Waals surface area contributed by atoms with Gasteiger partial charge in [0.2, 0.25) is 5.91 Å². The van der Waals surface area contributed by atoms with E-state index in [1.54, 1.807) is 7.05 Å². The molecule has 1 atom stereocenters. The largest absolute Gasteiger partial charge is 0.358 e. The first-order chi connectivity index (χ1) is 7.12. The van der Waals surface area contributed by atoms with Crippen LogP contribution in [0.5, 0.6) is 0 Å². The zero-order chi connectivity index (χ0) is 11.8. The lowest BCUT2D eigenvalue weighted by Gasteiger charge is -2.34. The molecule has 4 nitrogen and oxygen atoms in total. The summed E-state index contributed by atoms with van der Waals surface area (Å²) in [5, 5.41) is 2.69. The van der Waals surface area contributed by atoms with Crippen molar-refractivity contribution in [1.29, 1.82) is 0 Å². The van der Waals surface area contributed by atoms with Crippen molar-refractivity contribution < 1.29 is 4.79 Å². The number of nitrogens with two attached hydrogens (primary N) is 1. The first-order valence-corrected chi connectivity index (χ1v) is 5.79. The van der Waals surface area contributed by atoms with Gasteiger partial charge in [0.1, 0.15) is 0 Å². The second-order valence-corrected chi connectivity index (χ2v) is 3.79. The lowest BCUT2D eigenvalue weighted by Crippen LogP contribution is -2.50. The molecule has 0 saturated heterocycles. The lowest BCUT2D eigenvalue weighted by atomic mass is 10.1. The van der Waals surface area contributed by atoms with Gasteiger partial charge in [0.25, 0.3) is 0 Å². The van der Waals surface area contributed by atoms with Gasteiger partial charge in [-0.25, -0.2) is 0 Å². The fourth-order valence-electron chi connectivity index (χ4n) is 1.96. The third kappa shape index (κ3) is 4.18. The van der Waals surface area contributed by atoms with Crippen molar-refractivity contribution in [3.05, 3.63) is 0 Å². The molecule has 4 heteroatoms. The summed E-state index contributed by atoms with van der Waals surface area (Å²) >= 11 is 0. The average Bonchev–Trinajstić information content (AvgIpc) is 2.27. The van der Waals surface area contributed by atoms with Gasteiger partial charge >= 0.3 is 0 Å². The van der Waals surface area contributed by atoms with Crippen LogP contribution in [0.1, 0.15) is 33.6 Å². The van der Waals surface area contributed by atoms with Gasteiger partial charge in [0.05, 0.1) is 6.04 Å². The van der Waals surface area contributed by atoms with E-state index in [0.29, 0.717) is 12.6 Å². The van der Waals surface area contributed by atoms with Gasteiger partial charge in [-0.15, -0.1) is 0 Å². The molecule has 0 aliphatic carbocycles. The molecule has 0 radical (unpaired) electrons. The fourth-order valence-corrected chi connectivity index (χ4v) is 1.96. The molecular formula is C11H25N3O. The molecule has 15 heavy (non-hydrogen) atoms. The Balaban J connectivity index is 4.54. The Hall–Kier alpha value is -0.610. The van der Waals surface area contributed by atoms with Gasteiger partial charge in [-0.1, -0.05) is 13.8 Å². The van der Waals surface area contributed by atoms with Gasteiger partial charge in [0, 0.05) is 26.2 Å². The van der Waals surface area contributed by atoms with Gasteiger partial charge in [-0.3, -0.25) is 9.69 Å². The van der Waals surface area contributed by atoms with E-state index in [1.807, 2.05) is 6.92 Å². The molecule has 0 rings (SSSR count). The van der Waals surface area contributed by atoms with Crippen LogP contribution in [0.2, 0.25) is 0 Å². The minimum Gasteiger partial charge on any atom is -0.358 e.